The molecule has 474 valence electrons. The first-order valence-electron chi connectivity index (χ1n) is 35.0. The Morgan fingerprint density at radius 3 is 0.747 bits per heavy atom. The summed E-state index contributed by atoms with van der Waals surface area (Å²) in [4.78, 5) is 38.4. The fourth-order valence-electron chi connectivity index (χ4n) is 9.75. The summed E-state index contributed by atoms with van der Waals surface area (Å²) in [6.45, 7) is 6.42. The highest BCUT2D eigenvalue weighted by atomic mass is 16.6. The average molecular weight is 1150 g/mol. The number of rotatable bonds is 63. The molecule has 0 N–H and O–H groups in total. The average Bonchev–Trinajstić information content (AvgIpc) is 3.49. The quantitative estimate of drug-likeness (QED) is 0.0261. The van der Waals surface area contributed by atoms with E-state index in [1.54, 1.807) is 0 Å². The van der Waals surface area contributed by atoms with Crippen LogP contribution in [-0.2, 0) is 28.6 Å². The summed E-state index contributed by atoms with van der Waals surface area (Å²) in [5.74, 6) is -0.888. The summed E-state index contributed by atoms with van der Waals surface area (Å²) in [5.41, 5.74) is 0. The van der Waals surface area contributed by atoms with Gasteiger partial charge < -0.3 is 14.2 Å². The van der Waals surface area contributed by atoms with E-state index >= 15 is 0 Å². The van der Waals surface area contributed by atoms with Crippen molar-refractivity contribution >= 4 is 17.9 Å². The van der Waals surface area contributed by atoms with Crippen LogP contribution in [0.1, 0.15) is 329 Å². The fraction of sp³-hybridized carbons (Fsp3) is 0.701. The molecule has 83 heavy (non-hydrogen) atoms. The molecular formula is C77H130O6. The van der Waals surface area contributed by atoms with Gasteiger partial charge >= 0.3 is 17.9 Å². The van der Waals surface area contributed by atoms with Crippen LogP contribution in [0.15, 0.2) is 122 Å². The smallest absolute Gasteiger partial charge is 0.306 e. The van der Waals surface area contributed by atoms with E-state index in [-0.39, 0.29) is 31.1 Å². The van der Waals surface area contributed by atoms with Crippen LogP contribution >= 0.6 is 0 Å². The van der Waals surface area contributed by atoms with Gasteiger partial charge in [0.2, 0.25) is 0 Å². The molecule has 1 atom stereocenters. The molecule has 0 spiro atoms. The largest absolute Gasteiger partial charge is 0.462 e. The van der Waals surface area contributed by atoms with Crippen molar-refractivity contribution in [2.75, 3.05) is 13.2 Å². The zero-order chi connectivity index (χ0) is 59.9. The molecule has 0 rings (SSSR count). The Hall–Kier alpha value is -4.19. The highest BCUT2D eigenvalue weighted by Gasteiger charge is 2.19. The molecule has 0 saturated heterocycles. The molecule has 1 unspecified atom stereocenters. The molecule has 6 nitrogen and oxygen atoms in total. The third-order valence-electron chi connectivity index (χ3n) is 14.9. The minimum atomic E-state index is -0.789. The third-order valence-corrected chi connectivity index (χ3v) is 14.9. The van der Waals surface area contributed by atoms with Gasteiger partial charge in [0.15, 0.2) is 6.10 Å². The van der Waals surface area contributed by atoms with E-state index < -0.39 is 6.10 Å². The molecule has 0 aliphatic rings. The van der Waals surface area contributed by atoms with Gasteiger partial charge in [0.25, 0.3) is 0 Å². The van der Waals surface area contributed by atoms with Crippen LogP contribution in [0.2, 0.25) is 0 Å². The Bertz CT molecular complexity index is 1700. The van der Waals surface area contributed by atoms with Crippen molar-refractivity contribution in [2.45, 2.75) is 335 Å². The van der Waals surface area contributed by atoms with Crippen LogP contribution in [0.5, 0.6) is 0 Å². The Labute approximate surface area is 513 Å². The standard InChI is InChI=1S/C77H130O6/c1-4-7-10-13-16-19-22-25-27-29-31-33-35-37-38-40-41-43-45-47-49-52-55-58-61-64-67-70-76(79)82-73-74(72-81-75(78)69-66-63-60-57-54-51-24-21-18-15-12-9-6-3)83-77(80)71-68-65-62-59-56-53-50-48-46-44-42-39-36-34-32-30-28-26-23-20-17-14-11-8-5-2/h7-8,10-11,16-17,19-21,24-28,31-34,39,42,74H,4-6,9,12-15,18,22-23,29-30,35-38,40-41,43-73H2,1-3H3/b10-7-,11-8-,19-16-,20-17-,24-21-,27-25-,28-26-,33-31-,34-32-,42-39-. The van der Waals surface area contributed by atoms with Gasteiger partial charge in [-0.3, -0.25) is 14.4 Å². The van der Waals surface area contributed by atoms with Crippen molar-refractivity contribution < 1.29 is 28.6 Å². The van der Waals surface area contributed by atoms with Crippen LogP contribution in [0.25, 0.3) is 0 Å². The molecule has 0 fully saturated rings. The van der Waals surface area contributed by atoms with Crippen molar-refractivity contribution in [3.63, 3.8) is 0 Å². The van der Waals surface area contributed by atoms with Gasteiger partial charge in [0.1, 0.15) is 13.2 Å². The summed E-state index contributed by atoms with van der Waals surface area (Å²) in [6.07, 6.45) is 97.9. The van der Waals surface area contributed by atoms with Crippen LogP contribution < -0.4 is 0 Å². The highest BCUT2D eigenvalue weighted by molar-refractivity contribution is 5.71. The number of hydrogen-bond acceptors (Lipinski definition) is 6. The van der Waals surface area contributed by atoms with Crippen molar-refractivity contribution in [3.05, 3.63) is 122 Å². The zero-order valence-electron chi connectivity index (χ0n) is 54.4. The van der Waals surface area contributed by atoms with Crippen LogP contribution in [0, 0.1) is 0 Å². The second-order valence-electron chi connectivity index (χ2n) is 23.0. The van der Waals surface area contributed by atoms with E-state index in [1.807, 2.05) is 0 Å². The third kappa shape index (κ3) is 68.5. The van der Waals surface area contributed by atoms with Crippen LogP contribution in [0.4, 0.5) is 0 Å². The summed E-state index contributed by atoms with van der Waals surface area (Å²) < 4.78 is 17.0. The molecule has 0 saturated carbocycles. The monoisotopic (exact) mass is 1150 g/mol. The van der Waals surface area contributed by atoms with Crippen molar-refractivity contribution in [1.82, 2.24) is 0 Å². The second-order valence-corrected chi connectivity index (χ2v) is 23.0. The first-order chi connectivity index (χ1) is 41.0. The van der Waals surface area contributed by atoms with E-state index in [4.69, 9.17) is 14.2 Å². The maximum absolute atomic E-state index is 13.0. The second kappa shape index (κ2) is 70.3. The number of ether oxygens (including phenoxy) is 3. The number of esters is 3. The predicted molar refractivity (Wildman–Crippen MR) is 362 cm³/mol. The zero-order valence-corrected chi connectivity index (χ0v) is 54.4. The minimum absolute atomic E-state index is 0.0833. The Balaban J connectivity index is 4.30. The maximum atomic E-state index is 13.0. The molecule has 0 amide bonds. The van der Waals surface area contributed by atoms with Gasteiger partial charge in [0.05, 0.1) is 0 Å². The van der Waals surface area contributed by atoms with Gasteiger partial charge in [0, 0.05) is 19.3 Å². The molecular weight excluding hydrogens is 1020 g/mol. The number of carbonyl (C=O) groups excluding carboxylic acids is 3. The van der Waals surface area contributed by atoms with Gasteiger partial charge in [-0.05, 0) is 128 Å². The molecule has 0 aromatic heterocycles. The molecule has 0 heterocycles. The van der Waals surface area contributed by atoms with Crippen LogP contribution in [-0.4, -0.2) is 37.2 Å². The number of hydrogen-bond donors (Lipinski definition) is 0. The van der Waals surface area contributed by atoms with Gasteiger partial charge in [-0.1, -0.05) is 303 Å². The van der Waals surface area contributed by atoms with Gasteiger partial charge in [-0.2, -0.15) is 0 Å². The van der Waals surface area contributed by atoms with E-state index in [0.717, 1.165) is 128 Å². The number of allylic oxidation sites excluding steroid dienone is 20. The Kier molecular flexibility index (Phi) is 66.7. The lowest BCUT2D eigenvalue weighted by atomic mass is 10.0. The molecule has 0 bridgehead atoms. The lowest BCUT2D eigenvalue weighted by molar-refractivity contribution is -0.167. The van der Waals surface area contributed by atoms with E-state index in [9.17, 15) is 14.4 Å². The summed E-state index contributed by atoms with van der Waals surface area (Å²) in [7, 11) is 0. The molecule has 0 aromatic carbocycles. The topological polar surface area (TPSA) is 78.9 Å². The molecule has 0 aromatic rings. The Morgan fingerprint density at radius 2 is 0.470 bits per heavy atom. The normalized spacial score (nSPS) is 12.9. The predicted octanol–water partition coefficient (Wildman–Crippen LogP) is 24.3. The van der Waals surface area contributed by atoms with Crippen LogP contribution in [0.3, 0.4) is 0 Å². The first-order valence-corrected chi connectivity index (χ1v) is 35.0. The summed E-state index contributed by atoms with van der Waals surface area (Å²) >= 11 is 0. The van der Waals surface area contributed by atoms with Crippen molar-refractivity contribution in [1.29, 1.82) is 0 Å². The van der Waals surface area contributed by atoms with Crippen molar-refractivity contribution in [3.8, 4) is 0 Å². The van der Waals surface area contributed by atoms with E-state index in [1.165, 1.54) is 161 Å². The van der Waals surface area contributed by atoms with Gasteiger partial charge in [-0.25, -0.2) is 0 Å². The number of carbonyl (C=O) groups is 3. The molecule has 0 aliphatic heterocycles. The summed E-state index contributed by atoms with van der Waals surface area (Å²) in [6, 6.07) is 0. The summed E-state index contributed by atoms with van der Waals surface area (Å²) in [5, 5.41) is 0. The van der Waals surface area contributed by atoms with E-state index in [0.29, 0.717) is 19.3 Å². The lowest BCUT2D eigenvalue weighted by Crippen LogP contribution is -2.30. The van der Waals surface area contributed by atoms with Gasteiger partial charge in [-0.15, -0.1) is 0 Å². The maximum Gasteiger partial charge on any atom is 0.306 e. The first kappa shape index (κ1) is 78.8. The molecule has 0 radical (unpaired) electrons. The Morgan fingerprint density at radius 1 is 0.253 bits per heavy atom. The SMILES string of the molecule is CC/C=C\C/C=C\C/C=C\C/C=C\C/C=C\CCCCCCCCCCCC(=O)OC(COC(=O)CCCCCCC/C=C\CCCCCC)COC(=O)CCCCCCCCCCCCCCCC/C=C\C/C=C\C/C=C\C/C=C\CC. The minimum Gasteiger partial charge on any atom is -0.462 e. The number of unbranched alkanes of at least 4 members (excludes halogenated alkanes) is 32. The van der Waals surface area contributed by atoms with Crippen molar-refractivity contribution in [2.24, 2.45) is 0 Å². The fourth-order valence-corrected chi connectivity index (χ4v) is 9.75. The highest BCUT2D eigenvalue weighted by Crippen LogP contribution is 2.17. The molecule has 6 heteroatoms. The lowest BCUT2D eigenvalue weighted by Gasteiger charge is -2.18. The molecule has 0 aliphatic carbocycles. The van der Waals surface area contributed by atoms with E-state index in [2.05, 4.69) is 142 Å².